The van der Waals surface area contributed by atoms with Crippen LogP contribution in [0.3, 0.4) is 0 Å². The molecule has 154 valence electrons. The molecule has 3 heterocycles. The van der Waals surface area contributed by atoms with Gasteiger partial charge >= 0.3 is 0 Å². The number of fused-ring (bicyclic) bond motifs is 1. The van der Waals surface area contributed by atoms with Gasteiger partial charge in [0.25, 0.3) is 0 Å². The maximum absolute atomic E-state index is 13.3. The smallest absolute Gasteiger partial charge is 0.228 e. The summed E-state index contributed by atoms with van der Waals surface area (Å²) in [5, 5.41) is 3.17. The van der Waals surface area contributed by atoms with Crippen molar-refractivity contribution in [3.63, 3.8) is 0 Å². The van der Waals surface area contributed by atoms with Gasteiger partial charge < -0.3 is 10.2 Å². The summed E-state index contributed by atoms with van der Waals surface area (Å²) in [6.45, 7) is 4.41. The Morgan fingerprint density at radius 2 is 2.04 bits per heavy atom. The molecule has 1 saturated carbocycles. The number of carbonyl (C=O) groups is 1. The van der Waals surface area contributed by atoms with Crippen molar-refractivity contribution in [2.45, 2.75) is 32.6 Å². The van der Waals surface area contributed by atoms with Gasteiger partial charge in [0.2, 0.25) is 21.9 Å². The fourth-order valence-electron chi connectivity index (χ4n) is 4.55. The Kier molecular flexibility index (Phi) is 5.30. The highest BCUT2D eigenvalue weighted by molar-refractivity contribution is 7.89. The molecule has 9 heteroatoms. The molecule has 2 aliphatic heterocycles. The number of nitrogens with one attached hydrogen (secondary N) is 1. The molecular formula is C19H29N5O3S. The monoisotopic (exact) mass is 407 g/mol. The van der Waals surface area contributed by atoms with Crippen LogP contribution in [0.1, 0.15) is 32.6 Å². The van der Waals surface area contributed by atoms with Gasteiger partial charge in [0, 0.05) is 51.0 Å². The highest BCUT2D eigenvalue weighted by Gasteiger charge is 2.54. The van der Waals surface area contributed by atoms with Crippen molar-refractivity contribution < 1.29 is 13.2 Å². The lowest BCUT2D eigenvalue weighted by molar-refractivity contribution is -0.132. The van der Waals surface area contributed by atoms with Crippen molar-refractivity contribution in [2.75, 3.05) is 43.4 Å². The molecule has 1 aromatic rings. The Labute approximate surface area is 166 Å². The SMILES string of the molecule is CCS(=O)(=O)N1CCC[C@@]2(C(=O)NCC3CC3)CN(c3ncccn3)C[C@H]2C1. The molecule has 0 bridgehead atoms. The zero-order chi connectivity index (χ0) is 19.8. The molecule has 8 nitrogen and oxygen atoms in total. The Balaban J connectivity index is 1.61. The molecule has 3 aliphatic rings. The van der Waals surface area contributed by atoms with Gasteiger partial charge in [0.05, 0.1) is 11.2 Å². The predicted molar refractivity (Wildman–Crippen MR) is 106 cm³/mol. The molecule has 4 rings (SSSR count). The number of sulfonamides is 1. The topological polar surface area (TPSA) is 95.5 Å². The first-order chi connectivity index (χ1) is 13.4. The number of anilines is 1. The molecule has 1 aromatic heterocycles. The zero-order valence-corrected chi connectivity index (χ0v) is 17.2. The summed E-state index contributed by atoms with van der Waals surface area (Å²) < 4.78 is 26.6. The van der Waals surface area contributed by atoms with Gasteiger partial charge in [0.1, 0.15) is 0 Å². The Morgan fingerprint density at radius 3 is 2.71 bits per heavy atom. The van der Waals surface area contributed by atoms with Crippen LogP contribution in [0.5, 0.6) is 0 Å². The summed E-state index contributed by atoms with van der Waals surface area (Å²) in [6, 6.07) is 1.77. The van der Waals surface area contributed by atoms with Crippen molar-refractivity contribution in [2.24, 2.45) is 17.3 Å². The van der Waals surface area contributed by atoms with Gasteiger partial charge in [-0.1, -0.05) is 0 Å². The van der Waals surface area contributed by atoms with E-state index in [1.54, 1.807) is 29.7 Å². The number of nitrogens with zero attached hydrogens (tertiary/aromatic N) is 4. The lowest BCUT2D eigenvalue weighted by Gasteiger charge is -2.32. The van der Waals surface area contributed by atoms with Crippen molar-refractivity contribution in [3.8, 4) is 0 Å². The van der Waals surface area contributed by atoms with Crippen LogP contribution in [-0.4, -0.2) is 67.1 Å². The van der Waals surface area contributed by atoms with Gasteiger partial charge in [-0.15, -0.1) is 0 Å². The van der Waals surface area contributed by atoms with Crippen LogP contribution in [0, 0.1) is 17.3 Å². The number of rotatable bonds is 6. The molecular weight excluding hydrogens is 378 g/mol. The maximum atomic E-state index is 13.3. The van der Waals surface area contributed by atoms with Gasteiger partial charge in [-0.3, -0.25) is 4.79 Å². The largest absolute Gasteiger partial charge is 0.355 e. The van der Waals surface area contributed by atoms with Crippen LogP contribution in [0.2, 0.25) is 0 Å². The van der Waals surface area contributed by atoms with E-state index in [0.29, 0.717) is 50.9 Å². The van der Waals surface area contributed by atoms with Crippen LogP contribution in [-0.2, 0) is 14.8 Å². The first-order valence-corrected chi connectivity index (χ1v) is 11.8. The van der Waals surface area contributed by atoms with Crippen molar-refractivity contribution in [1.29, 1.82) is 0 Å². The number of hydrogen-bond donors (Lipinski definition) is 1. The molecule has 2 atom stereocenters. The standard InChI is InChI=1S/C19H29N5O3S/c1-2-28(26,27)24-10-3-7-19(17(25)22-11-15-5-6-15)14-23(12-16(19)13-24)18-20-8-4-9-21-18/h4,8-9,15-16H,2-3,5-7,10-14H2,1H3,(H,22,25)/t16-,19+/m0/s1. The first kappa shape index (κ1) is 19.6. The molecule has 0 aromatic carbocycles. The van der Waals surface area contributed by atoms with E-state index in [4.69, 9.17) is 0 Å². The molecule has 2 saturated heterocycles. The summed E-state index contributed by atoms with van der Waals surface area (Å²) >= 11 is 0. The third-order valence-corrected chi connectivity index (χ3v) is 8.29. The van der Waals surface area contributed by atoms with Gasteiger partial charge in [-0.25, -0.2) is 22.7 Å². The lowest BCUT2D eigenvalue weighted by Crippen LogP contribution is -2.48. The second-order valence-electron chi connectivity index (χ2n) is 8.30. The molecule has 0 radical (unpaired) electrons. The summed E-state index contributed by atoms with van der Waals surface area (Å²) in [5.41, 5.74) is -0.591. The van der Waals surface area contributed by atoms with E-state index in [0.717, 1.165) is 6.54 Å². The van der Waals surface area contributed by atoms with Crippen molar-refractivity contribution >= 4 is 21.9 Å². The second-order valence-corrected chi connectivity index (χ2v) is 10.6. The fourth-order valence-corrected chi connectivity index (χ4v) is 5.73. The van der Waals surface area contributed by atoms with Crippen LogP contribution >= 0.6 is 0 Å². The van der Waals surface area contributed by atoms with E-state index >= 15 is 0 Å². The van der Waals surface area contributed by atoms with Crippen LogP contribution in [0.15, 0.2) is 18.5 Å². The maximum Gasteiger partial charge on any atom is 0.228 e. The Morgan fingerprint density at radius 1 is 1.29 bits per heavy atom. The van der Waals surface area contributed by atoms with Crippen molar-refractivity contribution in [3.05, 3.63) is 18.5 Å². The average molecular weight is 408 g/mol. The molecule has 1 aliphatic carbocycles. The number of carbonyl (C=O) groups excluding carboxylic acids is 1. The highest BCUT2D eigenvalue weighted by atomic mass is 32.2. The second kappa shape index (κ2) is 7.59. The van der Waals surface area contributed by atoms with Gasteiger partial charge in [-0.2, -0.15) is 0 Å². The molecule has 3 fully saturated rings. The molecule has 1 amide bonds. The normalized spacial score (nSPS) is 28.6. The molecule has 0 spiro atoms. The van der Waals surface area contributed by atoms with E-state index in [2.05, 4.69) is 15.3 Å². The number of amides is 1. The molecule has 0 unspecified atom stereocenters. The Bertz CT molecular complexity index is 814. The third kappa shape index (κ3) is 3.74. The van der Waals surface area contributed by atoms with Gasteiger partial charge in [0.15, 0.2) is 0 Å². The quantitative estimate of drug-likeness (QED) is 0.752. The molecule has 1 N–H and O–H groups in total. The number of hydrogen-bond acceptors (Lipinski definition) is 6. The Hall–Kier alpha value is -1.74. The van der Waals surface area contributed by atoms with E-state index in [-0.39, 0.29) is 17.6 Å². The number of aromatic nitrogens is 2. The van der Waals surface area contributed by atoms with Crippen LogP contribution < -0.4 is 10.2 Å². The van der Waals surface area contributed by atoms with E-state index in [1.165, 1.54) is 12.8 Å². The molecule has 28 heavy (non-hydrogen) atoms. The summed E-state index contributed by atoms with van der Waals surface area (Å²) in [5.74, 6) is 1.30. The van der Waals surface area contributed by atoms with Crippen LogP contribution in [0.4, 0.5) is 5.95 Å². The lowest BCUT2D eigenvalue weighted by atomic mass is 9.74. The fraction of sp³-hybridized carbons (Fsp3) is 0.737. The first-order valence-electron chi connectivity index (χ1n) is 10.2. The minimum Gasteiger partial charge on any atom is -0.355 e. The third-order valence-electron chi connectivity index (χ3n) is 6.44. The van der Waals surface area contributed by atoms with Crippen LogP contribution in [0.25, 0.3) is 0 Å². The average Bonchev–Trinajstić information content (AvgIpc) is 3.50. The summed E-state index contributed by atoms with van der Waals surface area (Å²) in [6.07, 6.45) is 7.14. The minimum atomic E-state index is -3.28. The van der Waals surface area contributed by atoms with E-state index in [1.807, 2.05) is 4.90 Å². The predicted octanol–water partition coefficient (Wildman–Crippen LogP) is 0.871. The van der Waals surface area contributed by atoms with Crippen molar-refractivity contribution in [1.82, 2.24) is 19.6 Å². The van der Waals surface area contributed by atoms with Gasteiger partial charge in [-0.05, 0) is 44.6 Å². The zero-order valence-electron chi connectivity index (χ0n) is 16.4. The van der Waals surface area contributed by atoms with E-state index in [9.17, 15) is 13.2 Å². The summed E-state index contributed by atoms with van der Waals surface area (Å²) in [4.78, 5) is 24.1. The van der Waals surface area contributed by atoms with E-state index < -0.39 is 15.4 Å². The minimum absolute atomic E-state index is 0.0681. The highest BCUT2D eigenvalue weighted by Crippen LogP contribution is 2.44. The summed E-state index contributed by atoms with van der Waals surface area (Å²) in [7, 11) is -3.28.